The predicted octanol–water partition coefficient (Wildman–Crippen LogP) is 1.73. The molecule has 2 fully saturated rings. The van der Waals surface area contributed by atoms with Crippen LogP contribution >= 0.6 is 0 Å². The van der Waals surface area contributed by atoms with Gasteiger partial charge in [0.15, 0.2) is 9.84 Å². The number of hydrogen-bond acceptors (Lipinski definition) is 4. The fourth-order valence-corrected chi connectivity index (χ4v) is 4.75. The molecule has 5 nitrogen and oxygen atoms in total. The molecule has 1 aliphatic carbocycles. The Kier molecular flexibility index (Phi) is 3.52. The van der Waals surface area contributed by atoms with Crippen molar-refractivity contribution in [3.8, 4) is 0 Å². The van der Waals surface area contributed by atoms with Crippen LogP contribution in [0.4, 0.5) is 5.82 Å². The Morgan fingerprint density at radius 3 is 2.65 bits per heavy atom. The summed E-state index contributed by atoms with van der Waals surface area (Å²) in [7, 11) is -2.90. The van der Waals surface area contributed by atoms with Gasteiger partial charge in [-0.2, -0.15) is 5.10 Å². The largest absolute Gasteiger partial charge is 0.384 e. The van der Waals surface area contributed by atoms with E-state index in [0.29, 0.717) is 12.2 Å². The molecular formula is C14H23N3O2S. The maximum Gasteiger partial charge on any atom is 0.152 e. The van der Waals surface area contributed by atoms with Crippen molar-refractivity contribution in [3.63, 3.8) is 0 Å². The molecule has 3 rings (SSSR count). The number of anilines is 1. The normalized spacial score (nSPS) is 25.1. The highest BCUT2D eigenvalue weighted by atomic mass is 32.2. The first-order valence-electron chi connectivity index (χ1n) is 7.56. The first kappa shape index (κ1) is 13.9. The van der Waals surface area contributed by atoms with E-state index in [9.17, 15) is 8.42 Å². The van der Waals surface area contributed by atoms with E-state index in [1.54, 1.807) is 4.68 Å². The fourth-order valence-electron chi connectivity index (χ4n) is 3.06. The SMILES string of the molecule is CCCc1c(CC2CC2)nn(C2CCS(=O)(=O)C2)c1N. The van der Waals surface area contributed by atoms with Gasteiger partial charge in [0.2, 0.25) is 0 Å². The first-order valence-corrected chi connectivity index (χ1v) is 9.38. The van der Waals surface area contributed by atoms with Gasteiger partial charge in [0.25, 0.3) is 0 Å². The van der Waals surface area contributed by atoms with Crippen molar-refractivity contribution < 1.29 is 8.42 Å². The number of hydrogen-bond donors (Lipinski definition) is 1. The first-order chi connectivity index (χ1) is 9.50. The molecule has 1 aromatic rings. The van der Waals surface area contributed by atoms with E-state index in [4.69, 9.17) is 5.73 Å². The van der Waals surface area contributed by atoms with E-state index in [-0.39, 0.29) is 17.5 Å². The summed E-state index contributed by atoms with van der Waals surface area (Å²) >= 11 is 0. The lowest BCUT2D eigenvalue weighted by atomic mass is 10.1. The molecular weight excluding hydrogens is 274 g/mol. The second kappa shape index (κ2) is 5.06. The summed E-state index contributed by atoms with van der Waals surface area (Å²) in [5.41, 5.74) is 8.52. The van der Waals surface area contributed by atoms with Gasteiger partial charge in [-0.15, -0.1) is 0 Å². The van der Waals surface area contributed by atoms with Gasteiger partial charge in [0.05, 0.1) is 23.2 Å². The predicted molar refractivity (Wildman–Crippen MR) is 79.4 cm³/mol. The number of nitrogen functional groups attached to an aromatic ring is 1. The molecule has 112 valence electrons. The Labute approximate surface area is 120 Å². The molecule has 1 aromatic heterocycles. The zero-order valence-electron chi connectivity index (χ0n) is 12.0. The Morgan fingerprint density at radius 2 is 2.10 bits per heavy atom. The average molecular weight is 297 g/mol. The van der Waals surface area contributed by atoms with Gasteiger partial charge in [-0.1, -0.05) is 13.3 Å². The number of nitrogens with two attached hydrogens (primary N) is 1. The van der Waals surface area contributed by atoms with Crippen molar-refractivity contribution in [1.82, 2.24) is 9.78 Å². The maximum atomic E-state index is 11.6. The molecule has 2 N–H and O–H groups in total. The Morgan fingerprint density at radius 1 is 1.35 bits per heavy atom. The topological polar surface area (TPSA) is 78.0 Å². The Balaban J connectivity index is 1.90. The molecule has 0 aromatic carbocycles. The van der Waals surface area contributed by atoms with Crippen LogP contribution < -0.4 is 5.73 Å². The fraction of sp³-hybridized carbons (Fsp3) is 0.786. The average Bonchev–Trinajstić information content (AvgIpc) is 3.06. The van der Waals surface area contributed by atoms with Crippen LogP contribution in [0.2, 0.25) is 0 Å². The highest BCUT2D eigenvalue weighted by molar-refractivity contribution is 7.91. The minimum Gasteiger partial charge on any atom is -0.384 e. The van der Waals surface area contributed by atoms with Crippen LogP contribution in [-0.2, 0) is 22.7 Å². The zero-order valence-corrected chi connectivity index (χ0v) is 12.8. The molecule has 0 spiro atoms. The maximum absolute atomic E-state index is 11.6. The van der Waals surface area contributed by atoms with Crippen molar-refractivity contribution in [2.45, 2.75) is 51.5 Å². The summed E-state index contributed by atoms with van der Waals surface area (Å²) in [6.45, 7) is 2.14. The van der Waals surface area contributed by atoms with E-state index in [1.165, 1.54) is 12.8 Å². The van der Waals surface area contributed by atoms with Gasteiger partial charge in [-0.05, 0) is 38.0 Å². The van der Waals surface area contributed by atoms with Crippen LogP contribution in [0.1, 0.15) is 49.9 Å². The smallest absolute Gasteiger partial charge is 0.152 e. The monoisotopic (exact) mass is 297 g/mol. The molecule has 1 saturated carbocycles. The summed E-state index contributed by atoms with van der Waals surface area (Å²) < 4.78 is 25.1. The lowest BCUT2D eigenvalue weighted by Gasteiger charge is -2.10. The third kappa shape index (κ3) is 2.71. The minimum atomic E-state index is -2.90. The molecule has 6 heteroatoms. The lowest BCUT2D eigenvalue weighted by molar-refractivity contribution is 0.500. The third-order valence-electron chi connectivity index (χ3n) is 4.37. The van der Waals surface area contributed by atoms with Gasteiger partial charge in [0.1, 0.15) is 5.82 Å². The molecule has 1 atom stereocenters. The van der Waals surface area contributed by atoms with Crippen molar-refractivity contribution >= 4 is 15.7 Å². The molecule has 2 aliphatic rings. The highest BCUT2D eigenvalue weighted by Crippen LogP contribution is 2.36. The van der Waals surface area contributed by atoms with Crippen molar-refractivity contribution in [1.29, 1.82) is 0 Å². The molecule has 20 heavy (non-hydrogen) atoms. The molecule has 1 aliphatic heterocycles. The molecule has 1 saturated heterocycles. The second-order valence-corrected chi connectivity index (χ2v) is 8.44. The second-order valence-electron chi connectivity index (χ2n) is 6.21. The summed E-state index contributed by atoms with van der Waals surface area (Å²) in [5.74, 6) is 1.91. The highest BCUT2D eigenvalue weighted by Gasteiger charge is 2.33. The Hall–Kier alpha value is -1.04. The number of aromatic nitrogens is 2. The van der Waals surface area contributed by atoms with Crippen molar-refractivity contribution in [2.24, 2.45) is 5.92 Å². The Bertz CT molecular complexity index is 602. The lowest BCUT2D eigenvalue weighted by Crippen LogP contribution is -2.15. The van der Waals surface area contributed by atoms with E-state index >= 15 is 0 Å². The zero-order chi connectivity index (χ0) is 14.3. The number of nitrogens with zero attached hydrogens (tertiary/aromatic N) is 2. The molecule has 1 unspecified atom stereocenters. The third-order valence-corrected chi connectivity index (χ3v) is 6.12. The van der Waals surface area contributed by atoms with Crippen LogP contribution in [-0.4, -0.2) is 29.7 Å². The summed E-state index contributed by atoms with van der Waals surface area (Å²) in [5, 5.41) is 4.68. The van der Waals surface area contributed by atoms with E-state index < -0.39 is 9.84 Å². The van der Waals surface area contributed by atoms with Crippen LogP contribution in [0, 0.1) is 5.92 Å². The van der Waals surface area contributed by atoms with Crippen LogP contribution in [0.15, 0.2) is 0 Å². The van der Waals surface area contributed by atoms with E-state index in [0.717, 1.165) is 36.4 Å². The summed E-state index contributed by atoms with van der Waals surface area (Å²) in [6.07, 6.45) is 6.20. The van der Waals surface area contributed by atoms with Crippen LogP contribution in [0.3, 0.4) is 0 Å². The quantitative estimate of drug-likeness (QED) is 0.897. The molecule has 2 heterocycles. The standard InChI is InChI=1S/C14H23N3O2S/c1-2-3-12-13(8-10-4-5-10)16-17(14(12)15)11-6-7-20(18,19)9-11/h10-11H,2-9,15H2,1H3. The van der Waals surface area contributed by atoms with Crippen LogP contribution in [0.5, 0.6) is 0 Å². The van der Waals surface area contributed by atoms with E-state index in [2.05, 4.69) is 12.0 Å². The van der Waals surface area contributed by atoms with Gasteiger partial charge in [-0.25, -0.2) is 13.1 Å². The molecule has 0 bridgehead atoms. The van der Waals surface area contributed by atoms with Gasteiger partial charge in [0, 0.05) is 5.56 Å². The van der Waals surface area contributed by atoms with Crippen molar-refractivity contribution in [2.75, 3.05) is 17.2 Å². The van der Waals surface area contributed by atoms with E-state index in [1.807, 2.05) is 0 Å². The summed E-state index contributed by atoms with van der Waals surface area (Å²) in [4.78, 5) is 0. The van der Waals surface area contributed by atoms with Gasteiger partial charge in [-0.3, -0.25) is 0 Å². The molecule has 0 amide bonds. The van der Waals surface area contributed by atoms with Gasteiger partial charge >= 0.3 is 0 Å². The summed E-state index contributed by atoms with van der Waals surface area (Å²) in [6, 6.07) is -0.0661. The minimum absolute atomic E-state index is 0.0661. The van der Waals surface area contributed by atoms with Gasteiger partial charge < -0.3 is 5.73 Å². The van der Waals surface area contributed by atoms with Crippen molar-refractivity contribution in [3.05, 3.63) is 11.3 Å². The number of sulfone groups is 1. The molecule has 0 radical (unpaired) electrons. The number of rotatable bonds is 5. The van der Waals surface area contributed by atoms with Crippen LogP contribution in [0.25, 0.3) is 0 Å².